The van der Waals surface area contributed by atoms with Gasteiger partial charge in [0.25, 0.3) is 5.91 Å². The van der Waals surface area contributed by atoms with Gasteiger partial charge in [-0.25, -0.2) is 0 Å². The molecule has 1 aliphatic rings. The number of fused-ring (bicyclic) bond motifs is 1. The van der Waals surface area contributed by atoms with Crippen LogP contribution < -0.4 is 10.1 Å². The van der Waals surface area contributed by atoms with Gasteiger partial charge in [-0.2, -0.15) is 0 Å². The second-order valence-corrected chi connectivity index (χ2v) is 6.85. The molecule has 0 saturated heterocycles. The third-order valence-electron chi connectivity index (χ3n) is 4.99. The number of hydrogen-bond acceptors (Lipinski definition) is 2. The minimum atomic E-state index is -0.536. The average molecular weight is 337 g/mol. The topological polar surface area (TPSA) is 38.3 Å². The summed E-state index contributed by atoms with van der Waals surface area (Å²) in [6, 6.07) is 12.3. The SMILES string of the molecule is CCc1cccc(C)c1NC(=O)C(C)Oc1ccc2c(c1)CCCC2. The summed E-state index contributed by atoms with van der Waals surface area (Å²) in [7, 11) is 0. The number of hydrogen-bond donors (Lipinski definition) is 1. The molecule has 0 bridgehead atoms. The lowest BCUT2D eigenvalue weighted by molar-refractivity contribution is -0.122. The van der Waals surface area contributed by atoms with E-state index in [-0.39, 0.29) is 5.91 Å². The molecule has 1 N–H and O–H groups in total. The highest BCUT2D eigenvalue weighted by Gasteiger charge is 2.18. The highest BCUT2D eigenvalue weighted by atomic mass is 16.5. The van der Waals surface area contributed by atoms with Gasteiger partial charge in [-0.1, -0.05) is 31.2 Å². The fourth-order valence-corrected chi connectivity index (χ4v) is 3.47. The van der Waals surface area contributed by atoms with Gasteiger partial charge < -0.3 is 10.1 Å². The Morgan fingerprint density at radius 1 is 1.16 bits per heavy atom. The van der Waals surface area contributed by atoms with Gasteiger partial charge in [0.15, 0.2) is 6.10 Å². The molecule has 1 atom stereocenters. The van der Waals surface area contributed by atoms with Crippen LogP contribution in [0.15, 0.2) is 36.4 Å². The van der Waals surface area contributed by atoms with Gasteiger partial charge in [-0.05, 0) is 80.3 Å². The molecule has 0 heterocycles. The molecule has 0 fully saturated rings. The molecular formula is C22H27NO2. The van der Waals surface area contributed by atoms with Crippen molar-refractivity contribution in [3.8, 4) is 5.75 Å². The first kappa shape index (κ1) is 17.5. The van der Waals surface area contributed by atoms with Crippen molar-refractivity contribution >= 4 is 11.6 Å². The van der Waals surface area contributed by atoms with Crippen molar-refractivity contribution < 1.29 is 9.53 Å². The Balaban J connectivity index is 1.69. The monoisotopic (exact) mass is 337 g/mol. The van der Waals surface area contributed by atoms with Crippen molar-refractivity contribution in [2.75, 3.05) is 5.32 Å². The Morgan fingerprint density at radius 2 is 1.92 bits per heavy atom. The van der Waals surface area contributed by atoms with Crippen molar-refractivity contribution in [3.63, 3.8) is 0 Å². The van der Waals surface area contributed by atoms with E-state index in [2.05, 4.69) is 30.4 Å². The van der Waals surface area contributed by atoms with Gasteiger partial charge in [0.2, 0.25) is 0 Å². The number of anilines is 1. The van der Waals surface area contributed by atoms with Crippen LogP contribution in [0.25, 0.3) is 0 Å². The van der Waals surface area contributed by atoms with E-state index < -0.39 is 6.10 Å². The first-order valence-corrected chi connectivity index (χ1v) is 9.26. The lowest BCUT2D eigenvalue weighted by Crippen LogP contribution is -2.30. The third-order valence-corrected chi connectivity index (χ3v) is 4.99. The summed E-state index contributed by atoms with van der Waals surface area (Å²) in [6.07, 6.45) is 5.11. The molecule has 2 aromatic carbocycles. The number of rotatable bonds is 5. The van der Waals surface area contributed by atoms with Crippen LogP contribution in [0.1, 0.15) is 48.9 Å². The molecule has 1 aliphatic carbocycles. The largest absolute Gasteiger partial charge is 0.481 e. The standard InChI is InChI=1S/C22H27NO2/c1-4-17-11-7-8-15(2)21(17)23-22(24)16(3)25-20-13-12-18-9-5-6-10-19(18)14-20/h7-8,11-14,16H,4-6,9-10H2,1-3H3,(H,23,24). The Kier molecular flexibility index (Phi) is 5.42. The van der Waals surface area contributed by atoms with E-state index in [9.17, 15) is 4.79 Å². The van der Waals surface area contributed by atoms with E-state index in [1.165, 1.54) is 24.0 Å². The Morgan fingerprint density at radius 3 is 2.68 bits per heavy atom. The number of amides is 1. The molecule has 0 saturated carbocycles. The molecule has 0 radical (unpaired) electrons. The number of ether oxygens (including phenoxy) is 1. The van der Waals surface area contributed by atoms with Crippen LogP contribution in [0.5, 0.6) is 5.75 Å². The molecule has 132 valence electrons. The van der Waals surface area contributed by atoms with Gasteiger partial charge in [-0.3, -0.25) is 4.79 Å². The first-order valence-electron chi connectivity index (χ1n) is 9.26. The normalized spacial score (nSPS) is 14.5. The minimum Gasteiger partial charge on any atom is -0.481 e. The van der Waals surface area contributed by atoms with Crippen LogP contribution in [0.4, 0.5) is 5.69 Å². The molecule has 0 spiro atoms. The van der Waals surface area contributed by atoms with Crippen LogP contribution in [0.2, 0.25) is 0 Å². The van der Waals surface area contributed by atoms with Crippen LogP contribution >= 0.6 is 0 Å². The van der Waals surface area contributed by atoms with Gasteiger partial charge in [0.05, 0.1) is 0 Å². The highest BCUT2D eigenvalue weighted by Crippen LogP contribution is 2.26. The van der Waals surface area contributed by atoms with Crippen LogP contribution in [0.3, 0.4) is 0 Å². The fraction of sp³-hybridized carbons (Fsp3) is 0.409. The summed E-state index contributed by atoms with van der Waals surface area (Å²) in [5.41, 5.74) is 5.92. The summed E-state index contributed by atoms with van der Waals surface area (Å²) in [6.45, 7) is 5.92. The molecule has 25 heavy (non-hydrogen) atoms. The van der Waals surface area contributed by atoms with Crippen LogP contribution in [-0.2, 0) is 24.1 Å². The quantitative estimate of drug-likeness (QED) is 0.847. The number of aryl methyl sites for hydroxylation is 4. The summed E-state index contributed by atoms with van der Waals surface area (Å²) in [5, 5.41) is 3.05. The molecular weight excluding hydrogens is 310 g/mol. The maximum Gasteiger partial charge on any atom is 0.265 e. The zero-order valence-electron chi connectivity index (χ0n) is 15.4. The molecule has 3 nitrogen and oxygen atoms in total. The maximum atomic E-state index is 12.6. The molecule has 0 aromatic heterocycles. The molecule has 1 amide bonds. The van der Waals surface area contributed by atoms with Crippen molar-refractivity contribution in [2.24, 2.45) is 0 Å². The van der Waals surface area contributed by atoms with Crippen LogP contribution in [-0.4, -0.2) is 12.0 Å². The number of carbonyl (C=O) groups excluding carboxylic acids is 1. The fourth-order valence-electron chi connectivity index (χ4n) is 3.47. The highest BCUT2D eigenvalue weighted by molar-refractivity contribution is 5.95. The summed E-state index contributed by atoms with van der Waals surface area (Å²) >= 11 is 0. The lowest BCUT2D eigenvalue weighted by atomic mass is 9.92. The van der Waals surface area contributed by atoms with Crippen molar-refractivity contribution in [1.29, 1.82) is 0 Å². The molecule has 0 aliphatic heterocycles. The van der Waals surface area contributed by atoms with E-state index in [4.69, 9.17) is 4.74 Å². The van der Waals surface area contributed by atoms with E-state index in [0.29, 0.717) is 0 Å². The van der Waals surface area contributed by atoms with E-state index >= 15 is 0 Å². The second-order valence-electron chi connectivity index (χ2n) is 6.85. The Hall–Kier alpha value is -2.29. The van der Waals surface area contributed by atoms with Crippen molar-refractivity contribution in [1.82, 2.24) is 0 Å². The zero-order valence-corrected chi connectivity index (χ0v) is 15.4. The number of nitrogens with one attached hydrogen (secondary N) is 1. The van der Waals surface area contributed by atoms with Gasteiger partial charge in [-0.15, -0.1) is 0 Å². The van der Waals surface area contributed by atoms with Gasteiger partial charge in [0, 0.05) is 5.69 Å². The zero-order chi connectivity index (χ0) is 17.8. The number of benzene rings is 2. The van der Waals surface area contributed by atoms with E-state index in [0.717, 1.165) is 41.8 Å². The summed E-state index contributed by atoms with van der Waals surface area (Å²) < 4.78 is 5.92. The Labute approximate surface area is 150 Å². The summed E-state index contributed by atoms with van der Waals surface area (Å²) in [5.74, 6) is 0.672. The lowest BCUT2D eigenvalue weighted by Gasteiger charge is -2.20. The Bertz CT molecular complexity index is 767. The smallest absolute Gasteiger partial charge is 0.265 e. The molecule has 2 aromatic rings. The van der Waals surface area contributed by atoms with Crippen molar-refractivity contribution in [3.05, 3.63) is 58.7 Å². The molecule has 3 heteroatoms. The average Bonchev–Trinajstić information content (AvgIpc) is 2.63. The predicted molar refractivity (Wildman–Crippen MR) is 102 cm³/mol. The second kappa shape index (κ2) is 7.73. The van der Waals surface area contributed by atoms with E-state index in [1.54, 1.807) is 6.92 Å². The minimum absolute atomic E-state index is 0.110. The van der Waals surface area contributed by atoms with E-state index in [1.807, 2.05) is 25.1 Å². The van der Waals surface area contributed by atoms with Crippen molar-refractivity contribution in [2.45, 2.75) is 59.0 Å². The van der Waals surface area contributed by atoms with Crippen LogP contribution in [0, 0.1) is 6.92 Å². The first-order chi connectivity index (χ1) is 12.1. The number of carbonyl (C=O) groups is 1. The predicted octanol–water partition coefficient (Wildman–Crippen LogP) is 4.84. The maximum absolute atomic E-state index is 12.6. The third kappa shape index (κ3) is 4.04. The van der Waals surface area contributed by atoms with Gasteiger partial charge >= 0.3 is 0 Å². The molecule has 1 unspecified atom stereocenters. The molecule has 3 rings (SSSR count). The number of para-hydroxylation sites is 1. The van der Waals surface area contributed by atoms with Gasteiger partial charge in [0.1, 0.15) is 5.75 Å². The summed E-state index contributed by atoms with van der Waals surface area (Å²) in [4.78, 5) is 12.6.